The summed E-state index contributed by atoms with van der Waals surface area (Å²) in [5.41, 5.74) is 0. The zero-order chi connectivity index (χ0) is 9.10. The summed E-state index contributed by atoms with van der Waals surface area (Å²) in [5.74, 6) is 1.77. The minimum atomic E-state index is 0.847. The molecule has 2 aliphatic rings. The molecule has 1 atom stereocenters. The Kier molecular flexibility index (Phi) is 3.19. The monoisotopic (exact) mass is 184 g/mol. The second kappa shape index (κ2) is 4.40. The predicted molar refractivity (Wildman–Crippen MR) is 52.8 cm³/mol. The van der Waals surface area contributed by atoms with Crippen LogP contribution >= 0.6 is 0 Å². The summed E-state index contributed by atoms with van der Waals surface area (Å²) >= 11 is 0. The third kappa shape index (κ3) is 2.42. The zero-order valence-electron chi connectivity index (χ0n) is 8.46. The van der Waals surface area contributed by atoms with Crippen molar-refractivity contribution in [3.63, 3.8) is 0 Å². The first-order valence-electron chi connectivity index (χ1n) is 5.37. The van der Waals surface area contributed by atoms with Gasteiger partial charge in [0.1, 0.15) is 0 Å². The SMILES string of the molecule is CC(CN1CCOCC1)C1CNC1. The lowest BCUT2D eigenvalue weighted by molar-refractivity contribution is 0.0248. The molecule has 0 amide bonds. The van der Waals surface area contributed by atoms with Crippen molar-refractivity contribution in [2.24, 2.45) is 11.8 Å². The van der Waals surface area contributed by atoms with E-state index in [1.54, 1.807) is 0 Å². The van der Waals surface area contributed by atoms with Crippen molar-refractivity contribution >= 4 is 0 Å². The summed E-state index contributed by atoms with van der Waals surface area (Å²) in [5, 5.41) is 3.34. The van der Waals surface area contributed by atoms with Gasteiger partial charge in [0.05, 0.1) is 13.2 Å². The molecule has 2 aliphatic heterocycles. The second-order valence-corrected chi connectivity index (χ2v) is 4.31. The van der Waals surface area contributed by atoms with E-state index in [9.17, 15) is 0 Å². The second-order valence-electron chi connectivity index (χ2n) is 4.31. The highest BCUT2D eigenvalue weighted by Crippen LogP contribution is 2.17. The topological polar surface area (TPSA) is 24.5 Å². The quantitative estimate of drug-likeness (QED) is 0.677. The zero-order valence-corrected chi connectivity index (χ0v) is 8.46. The molecule has 1 N–H and O–H groups in total. The van der Waals surface area contributed by atoms with Gasteiger partial charge in [-0.15, -0.1) is 0 Å². The van der Waals surface area contributed by atoms with Crippen LogP contribution in [0.2, 0.25) is 0 Å². The van der Waals surface area contributed by atoms with Gasteiger partial charge in [0.15, 0.2) is 0 Å². The Labute approximate surface area is 80.4 Å². The average molecular weight is 184 g/mol. The van der Waals surface area contributed by atoms with E-state index >= 15 is 0 Å². The Balaban J connectivity index is 1.69. The molecule has 2 heterocycles. The van der Waals surface area contributed by atoms with Crippen molar-refractivity contribution in [1.82, 2.24) is 10.2 Å². The summed E-state index contributed by atoms with van der Waals surface area (Å²) in [6.45, 7) is 10.2. The molecule has 3 nitrogen and oxygen atoms in total. The first kappa shape index (κ1) is 9.44. The largest absolute Gasteiger partial charge is 0.379 e. The van der Waals surface area contributed by atoms with E-state index in [0.29, 0.717) is 0 Å². The first-order valence-corrected chi connectivity index (χ1v) is 5.37. The van der Waals surface area contributed by atoms with E-state index in [0.717, 1.165) is 38.1 Å². The molecule has 0 aromatic carbocycles. The van der Waals surface area contributed by atoms with Crippen molar-refractivity contribution in [3.8, 4) is 0 Å². The molecule has 0 aromatic rings. The highest BCUT2D eigenvalue weighted by Gasteiger charge is 2.25. The van der Waals surface area contributed by atoms with Crippen LogP contribution in [0.1, 0.15) is 6.92 Å². The molecular formula is C10H20N2O. The molecule has 0 aromatic heterocycles. The van der Waals surface area contributed by atoms with Crippen LogP contribution in [0.4, 0.5) is 0 Å². The Morgan fingerprint density at radius 2 is 2.08 bits per heavy atom. The lowest BCUT2D eigenvalue weighted by Gasteiger charge is -2.36. The fourth-order valence-corrected chi connectivity index (χ4v) is 2.05. The van der Waals surface area contributed by atoms with Crippen LogP contribution in [0.25, 0.3) is 0 Å². The van der Waals surface area contributed by atoms with Crippen molar-refractivity contribution in [3.05, 3.63) is 0 Å². The number of hydrogen-bond donors (Lipinski definition) is 1. The minimum absolute atomic E-state index is 0.847. The standard InChI is InChI=1S/C10H20N2O/c1-9(10-6-11-7-10)8-12-2-4-13-5-3-12/h9-11H,2-8H2,1H3. The molecule has 2 fully saturated rings. The van der Waals surface area contributed by atoms with Gasteiger partial charge in [-0.05, 0) is 24.9 Å². The van der Waals surface area contributed by atoms with Crippen LogP contribution < -0.4 is 5.32 Å². The van der Waals surface area contributed by atoms with Gasteiger partial charge in [-0.1, -0.05) is 6.92 Å². The fraction of sp³-hybridized carbons (Fsp3) is 1.00. The molecule has 76 valence electrons. The van der Waals surface area contributed by atoms with E-state index in [4.69, 9.17) is 4.74 Å². The normalized spacial score (nSPS) is 28.4. The van der Waals surface area contributed by atoms with Crippen molar-refractivity contribution in [2.75, 3.05) is 45.9 Å². The highest BCUT2D eigenvalue weighted by atomic mass is 16.5. The number of ether oxygens (including phenoxy) is 1. The van der Waals surface area contributed by atoms with Crippen LogP contribution in [0.15, 0.2) is 0 Å². The number of nitrogens with one attached hydrogen (secondary N) is 1. The molecule has 13 heavy (non-hydrogen) atoms. The van der Waals surface area contributed by atoms with Crippen LogP contribution in [0, 0.1) is 11.8 Å². The van der Waals surface area contributed by atoms with Gasteiger partial charge in [0, 0.05) is 19.6 Å². The van der Waals surface area contributed by atoms with E-state index in [-0.39, 0.29) is 0 Å². The summed E-state index contributed by atoms with van der Waals surface area (Å²) in [4.78, 5) is 2.53. The van der Waals surface area contributed by atoms with Crippen molar-refractivity contribution in [1.29, 1.82) is 0 Å². The van der Waals surface area contributed by atoms with Gasteiger partial charge < -0.3 is 10.1 Å². The number of nitrogens with zero attached hydrogens (tertiary/aromatic N) is 1. The van der Waals surface area contributed by atoms with Crippen LogP contribution in [0.5, 0.6) is 0 Å². The lowest BCUT2D eigenvalue weighted by atomic mass is 9.88. The maximum atomic E-state index is 5.33. The molecule has 1 unspecified atom stereocenters. The summed E-state index contributed by atoms with van der Waals surface area (Å²) < 4.78 is 5.33. The average Bonchev–Trinajstić information content (AvgIpc) is 2.02. The van der Waals surface area contributed by atoms with Gasteiger partial charge in [-0.2, -0.15) is 0 Å². The molecule has 0 bridgehead atoms. The number of hydrogen-bond acceptors (Lipinski definition) is 3. The maximum Gasteiger partial charge on any atom is 0.0594 e. The highest BCUT2D eigenvalue weighted by molar-refractivity contribution is 4.81. The van der Waals surface area contributed by atoms with Crippen molar-refractivity contribution in [2.45, 2.75) is 6.92 Å². The first-order chi connectivity index (χ1) is 6.36. The van der Waals surface area contributed by atoms with E-state index in [2.05, 4.69) is 17.1 Å². The molecular weight excluding hydrogens is 164 g/mol. The molecule has 0 saturated carbocycles. The summed E-state index contributed by atoms with van der Waals surface area (Å²) in [7, 11) is 0. The number of morpholine rings is 1. The molecule has 0 radical (unpaired) electrons. The molecule has 0 spiro atoms. The fourth-order valence-electron chi connectivity index (χ4n) is 2.05. The smallest absolute Gasteiger partial charge is 0.0594 e. The van der Waals surface area contributed by atoms with Crippen LogP contribution in [-0.2, 0) is 4.74 Å². The maximum absolute atomic E-state index is 5.33. The minimum Gasteiger partial charge on any atom is -0.379 e. The van der Waals surface area contributed by atoms with Gasteiger partial charge in [-0.3, -0.25) is 4.90 Å². The van der Waals surface area contributed by atoms with Gasteiger partial charge >= 0.3 is 0 Å². The third-order valence-corrected chi connectivity index (χ3v) is 3.27. The Morgan fingerprint density at radius 1 is 1.38 bits per heavy atom. The van der Waals surface area contributed by atoms with E-state index < -0.39 is 0 Å². The molecule has 2 saturated heterocycles. The van der Waals surface area contributed by atoms with E-state index in [1.807, 2.05) is 0 Å². The van der Waals surface area contributed by atoms with E-state index in [1.165, 1.54) is 19.6 Å². The van der Waals surface area contributed by atoms with Crippen molar-refractivity contribution < 1.29 is 4.74 Å². The summed E-state index contributed by atoms with van der Waals surface area (Å²) in [6.07, 6.45) is 0. The lowest BCUT2D eigenvalue weighted by Crippen LogP contribution is -2.49. The van der Waals surface area contributed by atoms with Gasteiger partial charge in [0.2, 0.25) is 0 Å². The summed E-state index contributed by atoms with van der Waals surface area (Å²) in [6, 6.07) is 0. The predicted octanol–water partition coefficient (Wildman–Crippen LogP) is 0.174. The van der Waals surface area contributed by atoms with Gasteiger partial charge in [-0.25, -0.2) is 0 Å². The van der Waals surface area contributed by atoms with Gasteiger partial charge in [0.25, 0.3) is 0 Å². The molecule has 3 heteroatoms. The Morgan fingerprint density at radius 3 is 2.62 bits per heavy atom. The molecule has 0 aliphatic carbocycles. The third-order valence-electron chi connectivity index (χ3n) is 3.27. The Hall–Kier alpha value is -0.120. The Bertz CT molecular complexity index is 153. The van der Waals surface area contributed by atoms with Crippen LogP contribution in [0.3, 0.4) is 0 Å². The van der Waals surface area contributed by atoms with Crippen LogP contribution in [-0.4, -0.2) is 50.8 Å². The number of rotatable bonds is 3. The molecule has 2 rings (SSSR count).